The summed E-state index contributed by atoms with van der Waals surface area (Å²) in [5.74, 6) is 1.35. The molecular weight excluding hydrogens is 370 g/mol. The first kappa shape index (κ1) is 18.9. The molecule has 9 heteroatoms. The van der Waals surface area contributed by atoms with Crippen molar-refractivity contribution in [2.45, 2.75) is 6.54 Å². The lowest BCUT2D eigenvalue weighted by molar-refractivity contribution is 0.142. The van der Waals surface area contributed by atoms with Crippen LogP contribution in [0.1, 0.15) is 5.56 Å². The Kier molecular flexibility index (Phi) is 5.66. The van der Waals surface area contributed by atoms with Crippen molar-refractivity contribution in [3.8, 4) is 11.7 Å². The number of carbonyl (C=O) groups excluding carboxylic acids is 1. The fourth-order valence-corrected chi connectivity index (χ4v) is 3.29. The minimum Gasteiger partial charge on any atom is -0.496 e. The molecular formula is C20H23N7O2. The predicted octanol–water partition coefficient (Wildman–Crippen LogP) is 2.02. The van der Waals surface area contributed by atoms with E-state index in [-0.39, 0.29) is 6.03 Å². The molecule has 1 aromatic carbocycles. The number of hydrogen-bond acceptors (Lipinski definition) is 6. The molecule has 3 aromatic rings. The van der Waals surface area contributed by atoms with E-state index in [1.165, 1.54) is 4.68 Å². The summed E-state index contributed by atoms with van der Waals surface area (Å²) in [6.07, 6.45) is 6.58. The van der Waals surface area contributed by atoms with Crippen molar-refractivity contribution in [3.63, 3.8) is 0 Å². The van der Waals surface area contributed by atoms with Gasteiger partial charge in [0.25, 0.3) is 0 Å². The predicted molar refractivity (Wildman–Crippen MR) is 108 cm³/mol. The van der Waals surface area contributed by atoms with Gasteiger partial charge < -0.3 is 15.0 Å². The minimum absolute atomic E-state index is 0.129. The number of para-hydroxylation sites is 1. The number of ether oxygens (including phenoxy) is 1. The standard InChI is InChI=1S/C20H23N7O2/c1-29-18-6-3-2-5-16(18)14-25-9-11-26(12-10-25)20(28)24-17-13-23-27(15-17)19-21-7-4-8-22-19/h2-8,13,15H,9-12,14H2,1H3,(H,24,28). The number of methoxy groups -OCH3 is 1. The van der Waals surface area contributed by atoms with E-state index in [9.17, 15) is 4.79 Å². The summed E-state index contributed by atoms with van der Waals surface area (Å²) in [6, 6.07) is 9.64. The third kappa shape index (κ3) is 4.52. The van der Waals surface area contributed by atoms with Crippen molar-refractivity contribution in [1.29, 1.82) is 0 Å². The first-order chi connectivity index (χ1) is 14.2. The van der Waals surface area contributed by atoms with Crippen LogP contribution in [0, 0.1) is 0 Å². The molecule has 0 bridgehead atoms. The van der Waals surface area contributed by atoms with Crippen LogP contribution in [-0.4, -0.2) is 68.9 Å². The van der Waals surface area contributed by atoms with Gasteiger partial charge >= 0.3 is 6.03 Å². The van der Waals surface area contributed by atoms with Crippen molar-refractivity contribution in [2.75, 3.05) is 38.6 Å². The molecule has 0 radical (unpaired) electrons. The second-order valence-electron chi connectivity index (χ2n) is 6.73. The van der Waals surface area contributed by atoms with Crippen LogP contribution in [-0.2, 0) is 6.54 Å². The average molecular weight is 393 g/mol. The molecule has 150 valence electrons. The van der Waals surface area contributed by atoms with Crippen molar-refractivity contribution >= 4 is 11.7 Å². The zero-order valence-corrected chi connectivity index (χ0v) is 16.2. The van der Waals surface area contributed by atoms with E-state index in [0.717, 1.165) is 30.9 Å². The molecule has 0 saturated carbocycles. The summed E-state index contributed by atoms with van der Waals surface area (Å²) in [7, 11) is 1.69. The number of nitrogens with zero attached hydrogens (tertiary/aromatic N) is 6. The first-order valence-corrected chi connectivity index (χ1v) is 9.45. The molecule has 2 amide bonds. The van der Waals surface area contributed by atoms with Crippen LogP contribution in [0.25, 0.3) is 5.95 Å². The number of anilines is 1. The lowest BCUT2D eigenvalue weighted by atomic mass is 10.1. The lowest BCUT2D eigenvalue weighted by Crippen LogP contribution is -2.49. The van der Waals surface area contributed by atoms with Gasteiger partial charge in [-0.2, -0.15) is 5.10 Å². The number of piperazine rings is 1. The fraction of sp³-hybridized carbons (Fsp3) is 0.300. The number of nitrogens with one attached hydrogen (secondary N) is 1. The number of aromatic nitrogens is 4. The number of amides is 2. The Morgan fingerprint density at radius 3 is 2.62 bits per heavy atom. The third-order valence-corrected chi connectivity index (χ3v) is 4.84. The topological polar surface area (TPSA) is 88.4 Å². The van der Waals surface area contributed by atoms with Crippen molar-refractivity contribution in [2.24, 2.45) is 0 Å². The highest BCUT2D eigenvalue weighted by Crippen LogP contribution is 2.20. The lowest BCUT2D eigenvalue weighted by Gasteiger charge is -2.34. The molecule has 1 aliphatic rings. The fourth-order valence-electron chi connectivity index (χ4n) is 3.29. The zero-order valence-electron chi connectivity index (χ0n) is 16.2. The molecule has 0 spiro atoms. The second-order valence-corrected chi connectivity index (χ2v) is 6.73. The number of rotatable bonds is 5. The van der Waals surface area contributed by atoms with Crippen LogP contribution < -0.4 is 10.1 Å². The van der Waals surface area contributed by atoms with E-state index in [4.69, 9.17) is 4.74 Å². The molecule has 0 aliphatic carbocycles. The summed E-state index contributed by atoms with van der Waals surface area (Å²) in [6.45, 7) is 3.75. The van der Waals surface area contributed by atoms with Gasteiger partial charge in [0.1, 0.15) is 5.75 Å². The molecule has 1 N–H and O–H groups in total. The number of benzene rings is 1. The summed E-state index contributed by atoms with van der Waals surface area (Å²) >= 11 is 0. The molecule has 1 fully saturated rings. The van der Waals surface area contributed by atoms with Gasteiger partial charge in [-0.25, -0.2) is 19.4 Å². The summed E-state index contributed by atoms with van der Waals surface area (Å²) in [5, 5.41) is 7.09. The number of carbonyl (C=O) groups is 1. The van der Waals surface area contributed by atoms with E-state index < -0.39 is 0 Å². The van der Waals surface area contributed by atoms with E-state index in [1.54, 1.807) is 38.0 Å². The Morgan fingerprint density at radius 2 is 1.86 bits per heavy atom. The molecule has 0 atom stereocenters. The van der Waals surface area contributed by atoms with Gasteiger partial charge in [-0.1, -0.05) is 18.2 Å². The Bertz CT molecular complexity index is 952. The highest BCUT2D eigenvalue weighted by atomic mass is 16.5. The van der Waals surface area contributed by atoms with Crippen LogP contribution in [0.3, 0.4) is 0 Å². The van der Waals surface area contributed by atoms with E-state index in [1.807, 2.05) is 23.1 Å². The van der Waals surface area contributed by atoms with Gasteiger partial charge in [0.2, 0.25) is 5.95 Å². The van der Waals surface area contributed by atoms with Crippen LogP contribution >= 0.6 is 0 Å². The van der Waals surface area contributed by atoms with Crippen LogP contribution in [0.2, 0.25) is 0 Å². The summed E-state index contributed by atoms with van der Waals surface area (Å²) in [5.41, 5.74) is 1.77. The smallest absolute Gasteiger partial charge is 0.322 e. The third-order valence-electron chi connectivity index (χ3n) is 4.84. The number of hydrogen-bond donors (Lipinski definition) is 1. The van der Waals surface area contributed by atoms with Gasteiger partial charge in [0.15, 0.2) is 0 Å². The second kappa shape index (κ2) is 8.70. The van der Waals surface area contributed by atoms with E-state index in [2.05, 4.69) is 31.3 Å². The maximum atomic E-state index is 12.6. The van der Waals surface area contributed by atoms with Crippen LogP contribution in [0.5, 0.6) is 5.75 Å². The van der Waals surface area contributed by atoms with E-state index in [0.29, 0.717) is 24.7 Å². The minimum atomic E-state index is -0.129. The Labute approximate surface area is 168 Å². The SMILES string of the molecule is COc1ccccc1CN1CCN(C(=O)Nc2cnn(-c3ncccn3)c2)CC1. The van der Waals surface area contributed by atoms with Gasteiger partial charge in [0, 0.05) is 50.7 Å². The molecule has 9 nitrogen and oxygen atoms in total. The molecule has 29 heavy (non-hydrogen) atoms. The number of urea groups is 1. The average Bonchev–Trinajstić information content (AvgIpc) is 3.24. The highest BCUT2D eigenvalue weighted by Gasteiger charge is 2.22. The molecule has 1 saturated heterocycles. The van der Waals surface area contributed by atoms with Crippen LogP contribution in [0.15, 0.2) is 55.1 Å². The first-order valence-electron chi connectivity index (χ1n) is 9.45. The Balaban J connectivity index is 1.30. The molecule has 0 unspecified atom stereocenters. The van der Waals surface area contributed by atoms with Crippen LogP contribution in [0.4, 0.5) is 10.5 Å². The van der Waals surface area contributed by atoms with Gasteiger partial charge in [-0.05, 0) is 12.1 Å². The van der Waals surface area contributed by atoms with Gasteiger partial charge in [-0.3, -0.25) is 4.90 Å². The molecule has 4 rings (SSSR count). The molecule has 2 aromatic heterocycles. The summed E-state index contributed by atoms with van der Waals surface area (Å²) < 4.78 is 6.96. The molecule has 1 aliphatic heterocycles. The normalized spacial score (nSPS) is 14.6. The highest BCUT2D eigenvalue weighted by molar-refractivity contribution is 5.89. The van der Waals surface area contributed by atoms with Crippen molar-refractivity contribution in [1.82, 2.24) is 29.5 Å². The van der Waals surface area contributed by atoms with Gasteiger partial charge in [-0.15, -0.1) is 0 Å². The molecule has 3 heterocycles. The Morgan fingerprint density at radius 1 is 1.10 bits per heavy atom. The largest absolute Gasteiger partial charge is 0.496 e. The van der Waals surface area contributed by atoms with Crippen molar-refractivity contribution < 1.29 is 9.53 Å². The maximum Gasteiger partial charge on any atom is 0.322 e. The van der Waals surface area contributed by atoms with Gasteiger partial charge in [0.05, 0.1) is 25.2 Å². The summed E-state index contributed by atoms with van der Waals surface area (Å²) in [4.78, 5) is 25.0. The van der Waals surface area contributed by atoms with Crippen molar-refractivity contribution in [3.05, 3.63) is 60.7 Å². The zero-order chi connectivity index (χ0) is 20.1. The monoisotopic (exact) mass is 393 g/mol. The van der Waals surface area contributed by atoms with E-state index >= 15 is 0 Å². The quantitative estimate of drug-likeness (QED) is 0.714. The Hall–Kier alpha value is -3.46. The maximum absolute atomic E-state index is 12.6.